The predicted octanol–water partition coefficient (Wildman–Crippen LogP) is 0.657. The molecule has 0 bridgehead atoms. The number of sulfonamides is 1. The van der Waals surface area contributed by atoms with Crippen molar-refractivity contribution >= 4 is 16.0 Å². The Hall–Kier alpha value is -0.620. The van der Waals surface area contributed by atoms with Gasteiger partial charge in [0.1, 0.15) is 0 Å². The maximum absolute atomic E-state index is 11.7. The van der Waals surface area contributed by atoms with Crippen LogP contribution in [0.1, 0.15) is 32.1 Å². The van der Waals surface area contributed by atoms with Gasteiger partial charge in [-0.1, -0.05) is 0 Å². The summed E-state index contributed by atoms with van der Waals surface area (Å²) in [4.78, 5) is 11.4. The first-order chi connectivity index (χ1) is 7.95. The molecule has 0 aromatic carbocycles. The van der Waals surface area contributed by atoms with E-state index in [4.69, 9.17) is 4.74 Å². The van der Waals surface area contributed by atoms with Crippen LogP contribution in [0.25, 0.3) is 0 Å². The van der Waals surface area contributed by atoms with Crippen LogP contribution in [0.2, 0.25) is 0 Å². The number of hydrogen-bond donors (Lipinski definition) is 1. The fraction of sp³-hybridized carbons (Fsp3) is 0.909. The van der Waals surface area contributed by atoms with Crippen LogP contribution in [-0.2, 0) is 19.6 Å². The Labute approximate surface area is 102 Å². The Morgan fingerprint density at radius 3 is 2.41 bits per heavy atom. The van der Waals surface area contributed by atoms with Gasteiger partial charge in [0, 0.05) is 0 Å². The van der Waals surface area contributed by atoms with Crippen molar-refractivity contribution in [3.05, 3.63) is 0 Å². The van der Waals surface area contributed by atoms with Gasteiger partial charge >= 0.3 is 5.97 Å². The van der Waals surface area contributed by atoms with Gasteiger partial charge < -0.3 is 4.74 Å². The summed E-state index contributed by atoms with van der Waals surface area (Å²) in [5.74, 6) is -0.134. The number of carbonyl (C=O) groups excluding carboxylic acids is 1. The molecule has 2 fully saturated rings. The summed E-state index contributed by atoms with van der Waals surface area (Å²) in [7, 11) is -0.292. The normalized spacial score (nSPS) is 36.8. The van der Waals surface area contributed by atoms with E-state index in [9.17, 15) is 13.2 Å². The van der Waals surface area contributed by atoms with E-state index in [1.807, 2.05) is 0 Å². The van der Waals surface area contributed by atoms with Crippen molar-refractivity contribution in [3.8, 4) is 0 Å². The summed E-state index contributed by atoms with van der Waals surface area (Å²) in [5.41, 5.74) is 0.0485. The molecule has 2 aliphatic carbocycles. The van der Waals surface area contributed by atoms with E-state index >= 15 is 0 Å². The molecular formula is C11H19NO4S. The molecule has 2 rings (SSSR count). The van der Waals surface area contributed by atoms with Crippen LogP contribution in [0.15, 0.2) is 0 Å². The molecule has 0 aromatic rings. The highest BCUT2D eigenvalue weighted by atomic mass is 32.2. The van der Waals surface area contributed by atoms with Crippen LogP contribution in [-0.4, -0.2) is 33.8 Å². The lowest BCUT2D eigenvalue weighted by Crippen LogP contribution is -2.35. The topological polar surface area (TPSA) is 72.5 Å². The van der Waals surface area contributed by atoms with Crippen molar-refractivity contribution in [2.75, 3.05) is 14.2 Å². The molecule has 0 radical (unpaired) electrons. The summed E-state index contributed by atoms with van der Waals surface area (Å²) in [5, 5.41) is -0.294. The van der Waals surface area contributed by atoms with Gasteiger partial charge in [0.2, 0.25) is 10.0 Å². The van der Waals surface area contributed by atoms with Gasteiger partial charge in [-0.2, -0.15) is 0 Å². The Balaban J connectivity index is 1.95. The van der Waals surface area contributed by atoms with E-state index in [0.29, 0.717) is 12.8 Å². The van der Waals surface area contributed by atoms with Crippen LogP contribution in [0.3, 0.4) is 0 Å². The van der Waals surface area contributed by atoms with Crippen LogP contribution >= 0.6 is 0 Å². The zero-order valence-corrected chi connectivity index (χ0v) is 11.0. The minimum Gasteiger partial charge on any atom is -0.469 e. The Bertz CT molecular complexity index is 409. The van der Waals surface area contributed by atoms with Gasteiger partial charge in [-0.25, -0.2) is 13.1 Å². The molecule has 6 heteroatoms. The van der Waals surface area contributed by atoms with E-state index in [-0.39, 0.29) is 22.6 Å². The highest BCUT2D eigenvalue weighted by molar-refractivity contribution is 7.90. The lowest BCUT2D eigenvalue weighted by Gasteiger charge is -2.28. The summed E-state index contributed by atoms with van der Waals surface area (Å²) in [6, 6.07) is 0. The van der Waals surface area contributed by atoms with Gasteiger partial charge in [-0.15, -0.1) is 0 Å². The SMILES string of the molecule is CNS(=O)(=O)C1CCC2(CC1)CC2C(=O)OC. The van der Waals surface area contributed by atoms with Crippen molar-refractivity contribution in [2.24, 2.45) is 11.3 Å². The zero-order valence-electron chi connectivity index (χ0n) is 10.2. The largest absolute Gasteiger partial charge is 0.469 e. The number of nitrogens with one attached hydrogen (secondary N) is 1. The molecule has 1 N–H and O–H groups in total. The highest BCUT2D eigenvalue weighted by Crippen LogP contribution is 2.62. The van der Waals surface area contributed by atoms with Crippen LogP contribution in [0, 0.1) is 11.3 Å². The molecule has 0 aromatic heterocycles. The smallest absolute Gasteiger partial charge is 0.309 e. The van der Waals surface area contributed by atoms with E-state index in [1.165, 1.54) is 14.2 Å². The monoisotopic (exact) mass is 261 g/mol. The second kappa shape index (κ2) is 4.24. The first-order valence-corrected chi connectivity index (χ1v) is 7.50. The molecule has 1 atom stereocenters. The lowest BCUT2D eigenvalue weighted by atomic mass is 9.84. The number of ether oxygens (including phenoxy) is 1. The Kier molecular flexibility index (Phi) is 3.20. The summed E-state index contributed by atoms with van der Waals surface area (Å²) in [6.45, 7) is 0. The molecule has 1 unspecified atom stereocenters. The predicted molar refractivity (Wildman–Crippen MR) is 62.8 cm³/mol. The number of carbonyl (C=O) groups is 1. The van der Waals surface area contributed by atoms with E-state index in [2.05, 4.69) is 4.72 Å². The van der Waals surface area contributed by atoms with Gasteiger partial charge in [0.15, 0.2) is 0 Å². The number of esters is 1. The Morgan fingerprint density at radius 2 is 1.94 bits per heavy atom. The maximum atomic E-state index is 11.7. The average Bonchev–Trinajstić information content (AvgIpc) is 3.03. The Morgan fingerprint density at radius 1 is 1.35 bits per heavy atom. The summed E-state index contributed by atoms with van der Waals surface area (Å²) in [6.07, 6.45) is 3.80. The minimum atomic E-state index is -3.15. The molecule has 0 saturated heterocycles. The number of hydrogen-bond acceptors (Lipinski definition) is 4. The second-order valence-electron chi connectivity index (χ2n) is 5.09. The molecule has 17 heavy (non-hydrogen) atoms. The first kappa shape index (κ1) is 12.8. The van der Waals surface area contributed by atoms with Gasteiger partial charge in [0.05, 0.1) is 18.3 Å². The van der Waals surface area contributed by atoms with Crippen molar-refractivity contribution in [1.82, 2.24) is 4.72 Å². The summed E-state index contributed by atoms with van der Waals surface area (Å²) < 4.78 is 30.4. The van der Waals surface area contributed by atoms with Crippen LogP contribution in [0.4, 0.5) is 0 Å². The standard InChI is InChI=1S/C11H19NO4S/c1-12-17(14,15)8-3-5-11(6-4-8)7-9(11)10(13)16-2/h8-9,12H,3-7H2,1-2H3. The van der Waals surface area contributed by atoms with Gasteiger partial charge in [0.25, 0.3) is 0 Å². The molecule has 2 saturated carbocycles. The number of methoxy groups -OCH3 is 1. The highest BCUT2D eigenvalue weighted by Gasteiger charge is 2.59. The third-order valence-corrected chi connectivity index (χ3v) is 6.25. The average molecular weight is 261 g/mol. The lowest BCUT2D eigenvalue weighted by molar-refractivity contribution is -0.143. The van der Waals surface area contributed by atoms with Crippen molar-refractivity contribution in [3.63, 3.8) is 0 Å². The third-order valence-electron chi connectivity index (χ3n) is 4.33. The van der Waals surface area contributed by atoms with Crippen molar-refractivity contribution in [1.29, 1.82) is 0 Å². The van der Waals surface area contributed by atoms with E-state index in [0.717, 1.165) is 19.3 Å². The summed E-state index contributed by atoms with van der Waals surface area (Å²) >= 11 is 0. The second-order valence-corrected chi connectivity index (χ2v) is 7.26. The minimum absolute atomic E-state index is 0.00531. The fourth-order valence-corrected chi connectivity index (χ4v) is 4.21. The maximum Gasteiger partial charge on any atom is 0.309 e. The molecule has 5 nitrogen and oxygen atoms in total. The fourth-order valence-electron chi connectivity index (χ4n) is 3.02. The van der Waals surface area contributed by atoms with Gasteiger partial charge in [-0.3, -0.25) is 4.79 Å². The van der Waals surface area contributed by atoms with Gasteiger partial charge in [-0.05, 0) is 44.6 Å². The molecule has 98 valence electrons. The van der Waals surface area contributed by atoms with E-state index < -0.39 is 10.0 Å². The molecule has 2 aliphatic rings. The molecule has 0 amide bonds. The van der Waals surface area contributed by atoms with Crippen molar-refractivity contribution < 1.29 is 17.9 Å². The first-order valence-electron chi connectivity index (χ1n) is 5.95. The molecule has 0 heterocycles. The third kappa shape index (κ3) is 2.20. The van der Waals surface area contributed by atoms with Crippen LogP contribution < -0.4 is 4.72 Å². The quantitative estimate of drug-likeness (QED) is 0.757. The molecule has 1 spiro atoms. The zero-order chi connectivity index (χ0) is 12.7. The number of rotatable bonds is 3. The van der Waals surface area contributed by atoms with Crippen LogP contribution in [0.5, 0.6) is 0 Å². The van der Waals surface area contributed by atoms with Crippen molar-refractivity contribution in [2.45, 2.75) is 37.4 Å². The molecular weight excluding hydrogens is 242 g/mol. The molecule has 0 aliphatic heterocycles. The van der Waals surface area contributed by atoms with E-state index in [1.54, 1.807) is 0 Å².